The van der Waals surface area contributed by atoms with Crippen molar-refractivity contribution in [1.82, 2.24) is 5.32 Å². The molecule has 1 fully saturated rings. The molecule has 0 aliphatic carbocycles. The highest BCUT2D eigenvalue weighted by molar-refractivity contribution is 5.89. The Kier molecular flexibility index (Phi) is 4.62. The molecular weight excluding hydrogens is 254 g/mol. The second-order valence-electron chi connectivity index (χ2n) is 5.62. The molecular formula is C15H23N3O2. The minimum atomic E-state index is -0.226. The van der Waals surface area contributed by atoms with Crippen LogP contribution in [0.4, 0.5) is 10.5 Å². The molecule has 20 heavy (non-hydrogen) atoms. The third-order valence-electron chi connectivity index (χ3n) is 3.62. The summed E-state index contributed by atoms with van der Waals surface area (Å²) in [7, 11) is 0. The lowest BCUT2D eigenvalue weighted by Crippen LogP contribution is -2.41. The van der Waals surface area contributed by atoms with E-state index in [4.69, 9.17) is 10.5 Å². The lowest BCUT2D eigenvalue weighted by Gasteiger charge is -2.23. The molecule has 0 bridgehead atoms. The number of nitrogens with two attached hydrogens (primary N) is 1. The lowest BCUT2D eigenvalue weighted by atomic mass is 10.0. The van der Waals surface area contributed by atoms with E-state index in [9.17, 15) is 4.79 Å². The van der Waals surface area contributed by atoms with Crippen molar-refractivity contribution in [1.29, 1.82) is 0 Å². The summed E-state index contributed by atoms with van der Waals surface area (Å²) in [5.41, 5.74) is 7.36. The Morgan fingerprint density at radius 3 is 2.70 bits per heavy atom. The topological polar surface area (TPSA) is 76.4 Å². The molecule has 1 aromatic carbocycles. The monoisotopic (exact) mass is 277 g/mol. The average Bonchev–Trinajstić information content (AvgIpc) is 2.85. The first kappa shape index (κ1) is 14.8. The van der Waals surface area contributed by atoms with Crippen molar-refractivity contribution in [3.8, 4) is 0 Å². The SMILES string of the molecule is CC(N)c1ccc(NC(=O)NCC2(C)CCCO2)cc1. The summed E-state index contributed by atoms with van der Waals surface area (Å²) in [6, 6.07) is 7.33. The van der Waals surface area contributed by atoms with Gasteiger partial charge in [-0.05, 0) is 44.4 Å². The van der Waals surface area contributed by atoms with Gasteiger partial charge >= 0.3 is 6.03 Å². The number of carbonyl (C=O) groups excluding carboxylic acids is 1. The van der Waals surface area contributed by atoms with E-state index in [-0.39, 0.29) is 17.7 Å². The van der Waals surface area contributed by atoms with Gasteiger partial charge in [-0.1, -0.05) is 12.1 Å². The van der Waals surface area contributed by atoms with E-state index >= 15 is 0 Å². The number of hydrogen-bond acceptors (Lipinski definition) is 3. The van der Waals surface area contributed by atoms with Crippen molar-refractivity contribution in [2.45, 2.75) is 38.3 Å². The van der Waals surface area contributed by atoms with Crippen LogP contribution in [-0.4, -0.2) is 24.8 Å². The van der Waals surface area contributed by atoms with Crippen LogP contribution < -0.4 is 16.4 Å². The van der Waals surface area contributed by atoms with Crippen molar-refractivity contribution in [2.24, 2.45) is 5.73 Å². The van der Waals surface area contributed by atoms with Gasteiger partial charge in [0.25, 0.3) is 0 Å². The average molecular weight is 277 g/mol. The Morgan fingerprint density at radius 2 is 2.15 bits per heavy atom. The molecule has 1 aliphatic rings. The third kappa shape index (κ3) is 3.95. The number of benzene rings is 1. The van der Waals surface area contributed by atoms with Crippen LogP contribution in [0.3, 0.4) is 0 Å². The predicted molar refractivity (Wildman–Crippen MR) is 79.7 cm³/mol. The number of nitrogens with one attached hydrogen (secondary N) is 2. The van der Waals surface area contributed by atoms with Gasteiger partial charge in [0.2, 0.25) is 0 Å². The zero-order chi connectivity index (χ0) is 14.6. The summed E-state index contributed by atoms with van der Waals surface area (Å²) < 4.78 is 5.63. The van der Waals surface area contributed by atoms with Crippen molar-refractivity contribution >= 4 is 11.7 Å². The molecule has 1 heterocycles. The first-order valence-electron chi connectivity index (χ1n) is 7.03. The molecule has 1 aliphatic heterocycles. The Balaban J connectivity index is 1.82. The van der Waals surface area contributed by atoms with Gasteiger partial charge in [-0.15, -0.1) is 0 Å². The Hall–Kier alpha value is -1.59. The predicted octanol–water partition coefficient (Wildman–Crippen LogP) is 2.40. The summed E-state index contributed by atoms with van der Waals surface area (Å²) in [4.78, 5) is 11.8. The maximum atomic E-state index is 11.8. The zero-order valence-electron chi connectivity index (χ0n) is 12.1. The maximum Gasteiger partial charge on any atom is 0.319 e. The molecule has 1 aromatic rings. The van der Waals surface area contributed by atoms with E-state index in [0.717, 1.165) is 30.7 Å². The molecule has 0 radical (unpaired) electrons. The van der Waals surface area contributed by atoms with Gasteiger partial charge in [0.15, 0.2) is 0 Å². The maximum absolute atomic E-state index is 11.8. The summed E-state index contributed by atoms with van der Waals surface area (Å²) in [6.45, 7) is 5.25. The molecule has 0 aromatic heterocycles. The lowest BCUT2D eigenvalue weighted by molar-refractivity contribution is 0.0232. The molecule has 2 atom stereocenters. The van der Waals surface area contributed by atoms with Crippen LogP contribution in [0.15, 0.2) is 24.3 Å². The largest absolute Gasteiger partial charge is 0.373 e. The number of ether oxygens (including phenoxy) is 1. The van der Waals surface area contributed by atoms with Gasteiger partial charge in [0.05, 0.1) is 5.60 Å². The van der Waals surface area contributed by atoms with Gasteiger partial charge in [-0.3, -0.25) is 0 Å². The van der Waals surface area contributed by atoms with E-state index in [2.05, 4.69) is 10.6 Å². The number of amides is 2. The molecule has 2 unspecified atom stereocenters. The standard InChI is InChI=1S/C15H23N3O2/c1-11(16)12-4-6-13(7-5-12)18-14(19)17-10-15(2)8-3-9-20-15/h4-7,11H,3,8-10,16H2,1-2H3,(H2,17,18,19). The van der Waals surface area contributed by atoms with Gasteiger partial charge in [-0.25, -0.2) is 4.79 Å². The Bertz CT molecular complexity index is 451. The minimum Gasteiger partial charge on any atom is -0.373 e. The van der Waals surface area contributed by atoms with Crippen LogP contribution in [0.25, 0.3) is 0 Å². The summed E-state index contributed by atoms with van der Waals surface area (Å²) in [6.07, 6.45) is 2.04. The quantitative estimate of drug-likeness (QED) is 0.791. The fraction of sp³-hybridized carbons (Fsp3) is 0.533. The number of carbonyl (C=O) groups is 1. The second-order valence-corrected chi connectivity index (χ2v) is 5.62. The van der Waals surface area contributed by atoms with Gasteiger partial charge in [0, 0.05) is 24.9 Å². The van der Waals surface area contributed by atoms with Crippen LogP contribution in [-0.2, 0) is 4.74 Å². The van der Waals surface area contributed by atoms with Gasteiger partial charge in [0.1, 0.15) is 0 Å². The third-order valence-corrected chi connectivity index (χ3v) is 3.62. The normalized spacial score (nSPS) is 23.4. The molecule has 2 rings (SSSR count). The van der Waals surface area contributed by atoms with Crippen LogP contribution in [0.2, 0.25) is 0 Å². The van der Waals surface area contributed by atoms with E-state index in [1.807, 2.05) is 38.1 Å². The molecule has 4 N–H and O–H groups in total. The minimum absolute atomic E-state index is 0.00246. The van der Waals surface area contributed by atoms with E-state index < -0.39 is 0 Å². The highest BCUT2D eigenvalue weighted by atomic mass is 16.5. The highest BCUT2D eigenvalue weighted by Gasteiger charge is 2.29. The molecule has 1 saturated heterocycles. The first-order valence-corrected chi connectivity index (χ1v) is 7.03. The van der Waals surface area contributed by atoms with E-state index in [1.54, 1.807) is 0 Å². The van der Waals surface area contributed by atoms with Gasteiger partial charge in [-0.2, -0.15) is 0 Å². The number of rotatable bonds is 4. The van der Waals surface area contributed by atoms with E-state index in [0.29, 0.717) is 6.54 Å². The second kappa shape index (κ2) is 6.24. The Morgan fingerprint density at radius 1 is 1.45 bits per heavy atom. The molecule has 2 amide bonds. The molecule has 110 valence electrons. The zero-order valence-corrected chi connectivity index (χ0v) is 12.1. The number of anilines is 1. The summed E-state index contributed by atoms with van der Waals surface area (Å²) in [5.74, 6) is 0. The van der Waals surface area contributed by atoms with E-state index in [1.165, 1.54) is 0 Å². The first-order chi connectivity index (χ1) is 9.48. The highest BCUT2D eigenvalue weighted by Crippen LogP contribution is 2.23. The number of urea groups is 1. The van der Waals surface area contributed by atoms with Crippen molar-refractivity contribution < 1.29 is 9.53 Å². The van der Waals surface area contributed by atoms with Crippen LogP contribution in [0, 0.1) is 0 Å². The fourth-order valence-corrected chi connectivity index (χ4v) is 2.29. The van der Waals surface area contributed by atoms with Crippen molar-refractivity contribution in [3.05, 3.63) is 29.8 Å². The molecule has 5 nitrogen and oxygen atoms in total. The molecule has 5 heteroatoms. The Labute approximate surface area is 119 Å². The number of hydrogen-bond donors (Lipinski definition) is 3. The summed E-state index contributed by atoms with van der Waals surface area (Å²) in [5, 5.41) is 5.65. The molecule has 0 spiro atoms. The van der Waals surface area contributed by atoms with Crippen LogP contribution in [0.1, 0.15) is 38.3 Å². The van der Waals surface area contributed by atoms with Crippen LogP contribution >= 0.6 is 0 Å². The van der Waals surface area contributed by atoms with Crippen molar-refractivity contribution in [3.63, 3.8) is 0 Å². The van der Waals surface area contributed by atoms with Gasteiger partial charge < -0.3 is 21.1 Å². The smallest absolute Gasteiger partial charge is 0.319 e. The van der Waals surface area contributed by atoms with Crippen molar-refractivity contribution in [2.75, 3.05) is 18.5 Å². The molecule has 0 saturated carbocycles. The van der Waals surface area contributed by atoms with Crippen LogP contribution in [0.5, 0.6) is 0 Å². The fourth-order valence-electron chi connectivity index (χ4n) is 2.29. The summed E-state index contributed by atoms with van der Waals surface area (Å²) >= 11 is 0.